The summed E-state index contributed by atoms with van der Waals surface area (Å²) >= 11 is 5.28. The molecule has 4 N–H and O–H groups in total. The van der Waals surface area contributed by atoms with E-state index in [2.05, 4.69) is 10.6 Å². The SMILES string of the molecule is Cc1cc(O)c(O)cc1CCNC(=S)Nc1ccccc1C. The van der Waals surface area contributed by atoms with Crippen molar-refractivity contribution in [2.75, 3.05) is 11.9 Å². The molecule has 0 atom stereocenters. The Morgan fingerprint density at radius 3 is 2.45 bits per heavy atom. The number of phenolic OH excluding ortho intramolecular Hbond substituents is 2. The number of nitrogens with one attached hydrogen (secondary N) is 2. The van der Waals surface area contributed by atoms with Gasteiger partial charge in [-0.15, -0.1) is 0 Å². The van der Waals surface area contributed by atoms with Gasteiger partial charge in [-0.25, -0.2) is 0 Å². The van der Waals surface area contributed by atoms with E-state index in [1.54, 1.807) is 12.1 Å². The van der Waals surface area contributed by atoms with Gasteiger partial charge in [-0.1, -0.05) is 18.2 Å². The van der Waals surface area contributed by atoms with Crippen LogP contribution < -0.4 is 10.6 Å². The smallest absolute Gasteiger partial charge is 0.170 e. The van der Waals surface area contributed by atoms with Crippen LogP contribution in [0.1, 0.15) is 16.7 Å². The largest absolute Gasteiger partial charge is 0.504 e. The third-order valence-electron chi connectivity index (χ3n) is 3.51. The van der Waals surface area contributed by atoms with Crippen molar-refractivity contribution in [3.05, 3.63) is 53.1 Å². The third-order valence-corrected chi connectivity index (χ3v) is 3.75. The molecule has 0 fully saturated rings. The molecule has 0 saturated heterocycles. The lowest BCUT2D eigenvalue weighted by Crippen LogP contribution is -2.30. The molecule has 0 aliphatic rings. The van der Waals surface area contributed by atoms with Crippen LogP contribution in [0.2, 0.25) is 0 Å². The van der Waals surface area contributed by atoms with Gasteiger partial charge in [-0.05, 0) is 67.4 Å². The van der Waals surface area contributed by atoms with E-state index < -0.39 is 0 Å². The molecule has 22 heavy (non-hydrogen) atoms. The molecule has 0 spiro atoms. The second-order valence-electron chi connectivity index (χ2n) is 5.21. The number of hydrogen-bond acceptors (Lipinski definition) is 3. The summed E-state index contributed by atoms with van der Waals surface area (Å²) in [5.41, 5.74) is 4.03. The molecule has 0 amide bonds. The van der Waals surface area contributed by atoms with Crippen LogP contribution >= 0.6 is 12.2 Å². The Hall–Kier alpha value is -2.27. The minimum absolute atomic E-state index is 0.0917. The lowest BCUT2D eigenvalue weighted by Gasteiger charge is -2.13. The Labute approximate surface area is 135 Å². The summed E-state index contributed by atoms with van der Waals surface area (Å²) in [6, 6.07) is 11.1. The Balaban J connectivity index is 1.87. The van der Waals surface area contributed by atoms with Crippen molar-refractivity contribution >= 4 is 23.0 Å². The van der Waals surface area contributed by atoms with E-state index in [4.69, 9.17) is 12.2 Å². The summed E-state index contributed by atoms with van der Waals surface area (Å²) in [4.78, 5) is 0. The minimum atomic E-state index is -0.0961. The number of thiocarbonyl (C=S) groups is 1. The second kappa shape index (κ2) is 7.13. The fourth-order valence-corrected chi connectivity index (χ4v) is 2.40. The van der Waals surface area contributed by atoms with Crippen LogP contribution in [0.5, 0.6) is 11.5 Å². The summed E-state index contributed by atoms with van der Waals surface area (Å²) < 4.78 is 0. The fourth-order valence-electron chi connectivity index (χ4n) is 2.18. The van der Waals surface area contributed by atoms with E-state index in [-0.39, 0.29) is 11.5 Å². The predicted molar refractivity (Wildman–Crippen MR) is 93.6 cm³/mol. The highest BCUT2D eigenvalue weighted by molar-refractivity contribution is 7.80. The summed E-state index contributed by atoms with van der Waals surface area (Å²) in [6.07, 6.45) is 0.704. The highest BCUT2D eigenvalue weighted by atomic mass is 32.1. The molecule has 0 unspecified atom stereocenters. The highest BCUT2D eigenvalue weighted by Crippen LogP contribution is 2.28. The van der Waals surface area contributed by atoms with E-state index in [1.165, 1.54) is 0 Å². The minimum Gasteiger partial charge on any atom is -0.504 e. The predicted octanol–water partition coefficient (Wildman–Crippen LogP) is 3.24. The number of para-hydroxylation sites is 1. The molecule has 5 heteroatoms. The Morgan fingerprint density at radius 1 is 1.05 bits per heavy atom. The standard InChI is InChI=1S/C17H20N2O2S/c1-11-5-3-4-6-14(11)19-17(22)18-8-7-13-10-16(21)15(20)9-12(13)2/h3-6,9-10,20-21H,7-8H2,1-2H3,(H2,18,19,22). The maximum atomic E-state index is 9.55. The number of aryl methyl sites for hydroxylation is 2. The molecule has 0 heterocycles. The van der Waals surface area contributed by atoms with Gasteiger partial charge < -0.3 is 20.8 Å². The van der Waals surface area contributed by atoms with Gasteiger partial charge in [0.2, 0.25) is 0 Å². The van der Waals surface area contributed by atoms with Gasteiger partial charge in [-0.2, -0.15) is 0 Å². The first-order valence-electron chi connectivity index (χ1n) is 7.09. The lowest BCUT2D eigenvalue weighted by molar-refractivity contribution is 0.402. The molecule has 2 rings (SSSR count). The summed E-state index contributed by atoms with van der Waals surface area (Å²) in [5.74, 6) is -0.188. The Kier molecular flexibility index (Phi) is 5.22. The Morgan fingerprint density at radius 2 is 1.73 bits per heavy atom. The zero-order valence-electron chi connectivity index (χ0n) is 12.7. The molecule has 4 nitrogen and oxygen atoms in total. The monoisotopic (exact) mass is 316 g/mol. The Bertz CT molecular complexity index is 686. The van der Waals surface area contributed by atoms with Crippen LogP contribution in [-0.2, 0) is 6.42 Å². The number of benzene rings is 2. The summed E-state index contributed by atoms with van der Waals surface area (Å²) in [5, 5.41) is 25.9. The van der Waals surface area contributed by atoms with Crippen molar-refractivity contribution in [2.24, 2.45) is 0 Å². The molecular formula is C17H20N2O2S. The van der Waals surface area contributed by atoms with Gasteiger partial charge in [0.15, 0.2) is 16.6 Å². The van der Waals surface area contributed by atoms with E-state index in [0.717, 1.165) is 22.4 Å². The van der Waals surface area contributed by atoms with Crippen molar-refractivity contribution in [2.45, 2.75) is 20.3 Å². The van der Waals surface area contributed by atoms with E-state index in [0.29, 0.717) is 18.1 Å². The molecule has 2 aromatic carbocycles. The van der Waals surface area contributed by atoms with E-state index >= 15 is 0 Å². The number of anilines is 1. The van der Waals surface area contributed by atoms with Gasteiger partial charge in [0.05, 0.1) is 0 Å². The third kappa shape index (κ3) is 4.11. The molecule has 0 aromatic heterocycles. The zero-order chi connectivity index (χ0) is 16.1. The molecule has 0 aliphatic carbocycles. The van der Waals surface area contributed by atoms with E-state index in [1.807, 2.05) is 38.1 Å². The normalized spacial score (nSPS) is 10.3. The number of phenols is 2. The first-order chi connectivity index (χ1) is 10.5. The van der Waals surface area contributed by atoms with Crippen LogP contribution in [0.25, 0.3) is 0 Å². The molecule has 0 bridgehead atoms. The van der Waals surface area contributed by atoms with Gasteiger partial charge in [0, 0.05) is 12.2 Å². The summed E-state index contributed by atoms with van der Waals surface area (Å²) in [6.45, 7) is 4.56. The van der Waals surface area contributed by atoms with Crippen LogP contribution in [0.3, 0.4) is 0 Å². The van der Waals surface area contributed by atoms with Crippen molar-refractivity contribution < 1.29 is 10.2 Å². The second-order valence-corrected chi connectivity index (χ2v) is 5.62. The molecule has 116 valence electrons. The maximum Gasteiger partial charge on any atom is 0.170 e. The average molecular weight is 316 g/mol. The quantitative estimate of drug-likeness (QED) is 0.515. The van der Waals surface area contributed by atoms with E-state index in [9.17, 15) is 10.2 Å². The van der Waals surface area contributed by atoms with Gasteiger partial charge in [-0.3, -0.25) is 0 Å². The van der Waals surface area contributed by atoms with Crippen LogP contribution in [0.15, 0.2) is 36.4 Å². The van der Waals surface area contributed by atoms with Crippen molar-refractivity contribution in [1.29, 1.82) is 0 Å². The molecular weight excluding hydrogens is 296 g/mol. The van der Waals surface area contributed by atoms with Gasteiger partial charge >= 0.3 is 0 Å². The molecule has 0 aliphatic heterocycles. The molecule has 0 saturated carbocycles. The number of hydrogen-bond donors (Lipinski definition) is 4. The highest BCUT2D eigenvalue weighted by Gasteiger charge is 2.06. The average Bonchev–Trinajstić information content (AvgIpc) is 2.47. The van der Waals surface area contributed by atoms with Crippen molar-refractivity contribution in [1.82, 2.24) is 5.32 Å². The maximum absolute atomic E-state index is 9.55. The first-order valence-corrected chi connectivity index (χ1v) is 7.50. The number of aromatic hydroxyl groups is 2. The topological polar surface area (TPSA) is 64.5 Å². The van der Waals surface area contributed by atoms with Crippen LogP contribution in [0, 0.1) is 13.8 Å². The lowest BCUT2D eigenvalue weighted by atomic mass is 10.0. The van der Waals surface area contributed by atoms with Crippen molar-refractivity contribution in [3.8, 4) is 11.5 Å². The van der Waals surface area contributed by atoms with Crippen LogP contribution in [-0.4, -0.2) is 21.9 Å². The molecule has 2 aromatic rings. The summed E-state index contributed by atoms with van der Waals surface area (Å²) in [7, 11) is 0. The fraction of sp³-hybridized carbons (Fsp3) is 0.235. The first kappa shape index (κ1) is 16.1. The van der Waals surface area contributed by atoms with Crippen LogP contribution in [0.4, 0.5) is 5.69 Å². The van der Waals surface area contributed by atoms with Gasteiger partial charge in [0.25, 0.3) is 0 Å². The zero-order valence-corrected chi connectivity index (χ0v) is 13.5. The van der Waals surface area contributed by atoms with Crippen molar-refractivity contribution in [3.63, 3.8) is 0 Å². The van der Waals surface area contributed by atoms with Gasteiger partial charge in [0.1, 0.15) is 0 Å². The molecule has 0 radical (unpaired) electrons. The number of rotatable bonds is 4.